The second-order valence-corrected chi connectivity index (χ2v) is 2.44. The van der Waals surface area contributed by atoms with Crippen LogP contribution in [0.15, 0.2) is 11.5 Å². The van der Waals surface area contributed by atoms with Gasteiger partial charge in [0.1, 0.15) is 7.85 Å². The van der Waals surface area contributed by atoms with Gasteiger partial charge >= 0.3 is 0 Å². The van der Waals surface area contributed by atoms with Crippen LogP contribution in [0.2, 0.25) is 0 Å². The first kappa shape index (κ1) is 4.63. The molecule has 1 fully saturated rings. The van der Waals surface area contributed by atoms with Crippen molar-refractivity contribution in [1.29, 1.82) is 0 Å². The van der Waals surface area contributed by atoms with E-state index in [9.17, 15) is 0 Å². The Kier molecular flexibility index (Phi) is 0.686. The fourth-order valence-corrected chi connectivity index (χ4v) is 1.22. The van der Waals surface area contributed by atoms with Gasteiger partial charge in [0.2, 0.25) is 0 Å². The van der Waals surface area contributed by atoms with Crippen molar-refractivity contribution >= 4 is 7.85 Å². The Hall–Kier alpha value is -0.235. The minimum Gasteiger partial charge on any atom is -0.367 e. The van der Waals surface area contributed by atoms with E-state index in [4.69, 9.17) is 12.6 Å². The maximum absolute atomic E-state index is 5.50. The lowest BCUT2D eigenvalue weighted by Gasteiger charge is -2.06. The molecule has 40 valence electrons. The fraction of sp³-hybridized carbons (Fsp3) is 0.667. The maximum Gasteiger partial charge on any atom is 0.111 e. The van der Waals surface area contributed by atoms with Gasteiger partial charge in [-0.25, -0.2) is 0 Å². The summed E-state index contributed by atoms with van der Waals surface area (Å²) in [5, 5.41) is 0. The summed E-state index contributed by atoms with van der Waals surface area (Å²) >= 11 is 0. The minimum absolute atomic E-state index is 0.0278. The molecule has 1 aliphatic heterocycles. The van der Waals surface area contributed by atoms with Crippen LogP contribution in [-0.4, -0.2) is 20.1 Å². The van der Waals surface area contributed by atoms with E-state index in [1.807, 2.05) is 6.08 Å². The smallest absolute Gasteiger partial charge is 0.111 e. The molecular weight excluding hydrogens is 98.9 g/mol. The molecule has 0 unspecified atom stereocenters. The highest BCUT2D eigenvalue weighted by atomic mass is 16.5. The molecule has 0 bridgehead atoms. The first-order valence-corrected chi connectivity index (χ1v) is 2.96. The molecule has 0 aromatic carbocycles. The molecule has 1 heterocycles. The Bertz CT molecular complexity index is 145. The summed E-state index contributed by atoms with van der Waals surface area (Å²) in [4.78, 5) is 0. The van der Waals surface area contributed by atoms with Gasteiger partial charge in [0.15, 0.2) is 0 Å². The highest BCUT2D eigenvalue weighted by Crippen LogP contribution is 2.43. The quantitative estimate of drug-likeness (QED) is 0.411. The van der Waals surface area contributed by atoms with Gasteiger partial charge in [0.05, 0.1) is 5.60 Å². The molecule has 0 aromatic rings. The third kappa shape index (κ3) is 0.415. The molecule has 1 saturated heterocycles. The summed E-state index contributed by atoms with van der Waals surface area (Å²) in [7, 11) is 5.50. The standard InChI is InChI=1S/C6H7BO/c7-5-4-6(5)2-1-3-8-6/h4H,1-3H2/t6-/m0/s1. The predicted octanol–water partition coefficient (Wildman–Crippen LogP) is 0.602. The van der Waals surface area contributed by atoms with Crippen LogP contribution >= 0.6 is 0 Å². The van der Waals surface area contributed by atoms with Crippen LogP contribution in [0.3, 0.4) is 0 Å². The molecule has 1 atom stereocenters. The Morgan fingerprint density at radius 1 is 1.75 bits per heavy atom. The number of rotatable bonds is 0. The lowest BCUT2D eigenvalue weighted by molar-refractivity contribution is 0.110. The predicted molar refractivity (Wildman–Crippen MR) is 31.8 cm³/mol. The monoisotopic (exact) mass is 106 g/mol. The fourth-order valence-electron chi connectivity index (χ4n) is 1.22. The van der Waals surface area contributed by atoms with Gasteiger partial charge in [0.25, 0.3) is 0 Å². The van der Waals surface area contributed by atoms with Gasteiger partial charge in [-0.2, -0.15) is 0 Å². The molecule has 1 spiro atoms. The zero-order chi connectivity index (χ0) is 5.61. The average Bonchev–Trinajstić information content (AvgIpc) is 2.29. The second-order valence-electron chi connectivity index (χ2n) is 2.44. The molecule has 0 N–H and O–H groups in total. The lowest BCUT2D eigenvalue weighted by atomic mass is 9.98. The highest BCUT2D eigenvalue weighted by Gasteiger charge is 2.43. The first-order chi connectivity index (χ1) is 3.83. The molecule has 0 amide bonds. The van der Waals surface area contributed by atoms with Crippen molar-refractivity contribution in [2.24, 2.45) is 0 Å². The third-order valence-electron chi connectivity index (χ3n) is 1.85. The van der Waals surface area contributed by atoms with Gasteiger partial charge in [-0.3, -0.25) is 0 Å². The van der Waals surface area contributed by atoms with E-state index >= 15 is 0 Å². The normalized spacial score (nSPS) is 42.8. The largest absolute Gasteiger partial charge is 0.367 e. The molecule has 0 aromatic heterocycles. The van der Waals surface area contributed by atoms with Gasteiger partial charge in [-0.1, -0.05) is 11.5 Å². The van der Waals surface area contributed by atoms with Crippen molar-refractivity contribution in [2.75, 3.05) is 6.61 Å². The van der Waals surface area contributed by atoms with Crippen LogP contribution in [0.25, 0.3) is 0 Å². The van der Waals surface area contributed by atoms with E-state index in [-0.39, 0.29) is 5.60 Å². The Labute approximate surface area is 50.1 Å². The van der Waals surface area contributed by atoms with E-state index in [0.29, 0.717) is 0 Å². The van der Waals surface area contributed by atoms with Crippen LogP contribution in [0.5, 0.6) is 0 Å². The minimum atomic E-state index is -0.0278. The molecule has 1 aliphatic carbocycles. The van der Waals surface area contributed by atoms with E-state index in [1.54, 1.807) is 0 Å². The molecule has 2 radical (unpaired) electrons. The van der Waals surface area contributed by atoms with E-state index < -0.39 is 0 Å². The number of hydrogen-bond donors (Lipinski definition) is 0. The summed E-state index contributed by atoms with van der Waals surface area (Å²) in [6, 6.07) is 0. The van der Waals surface area contributed by atoms with E-state index in [0.717, 1.165) is 24.9 Å². The highest BCUT2D eigenvalue weighted by molar-refractivity contribution is 6.26. The van der Waals surface area contributed by atoms with Crippen molar-refractivity contribution in [1.82, 2.24) is 0 Å². The second kappa shape index (κ2) is 1.19. The van der Waals surface area contributed by atoms with Gasteiger partial charge in [0, 0.05) is 6.61 Å². The molecule has 2 aliphatic rings. The zero-order valence-corrected chi connectivity index (χ0v) is 4.68. The third-order valence-corrected chi connectivity index (χ3v) is 1.85. The van der Waals surface area contributed by atoms with Crippen LogP contribution in [0.1, 0.15) is 12.8 Å². The summed E-state index contributed by atoms with van der Waals surface area (Å²) < 4.78 is 5.35. The van der Waals surface area contributed by atoms with E-state index in [2.05, 4.69) is 0 Å². The van der Waals surface area contributed by atoms with Crippen LogP contribution < -0.4 is 0 Å². The van der Waals surface area contributed by atoms with Crippen molar-refractivity contribution in [3.63, 3.8) is 0 Å². The Balaban J connectivity index is 2.09. The summed E-state index contributed by atoms with van der Waals surface area (Å²) in [5.74, 6) is 0. The first-order valence-electron chi connectivity index (χ1n) is 2.96. The number of ether oxygens (including phenoxy) is 1. The summed E-state index contributed by atoms with van der Waals surface area (Å²) in [6.45, 7) is 0.886. The van der Waals surface area contributed by atoms with Crippen molar-refractivity contribution < 1.29 is 4.74 Å². The average molecular weight is 106 g/mol. The SMILES string of the molecule is [B]C1=C[C@@]12CCCO2. The summed E-state index contributed by atoms with van der Waals surface area (Å²) in [6.07, 6.45) is 4.27. The van der Waals surface area contributed by atoms with Crippen molar-refractivity contribution in [3.8, 4) is 0 Å². The van der Waals surface area contributed by atoms with Crippen LogP contribution in [0, 0.1) is 0 Å². The van der Waals surface area contributed by atoms with Gasteiger partial charge in [-0.05, 0) is 12.8 Å². The molecular formula is C6H7BO. The molecule has 1 nitrogen and oxygen atoms in total. The van der Waals surface area contributed by atoms with Crippen molar-refractivity contribution in [3.05, 3.63) is 11.5 Å². The van der Waals surface area contributed by atoms with Gasteiger partial charge in [-0.15, -0.1) is 0 Å². The van der Waals surface area contributed by atoms with Crippen LogP contribution in [0.4, 0.5) is 0 Å². The maximum atomic E-state index is 5.50. The lowest BCUT2D eigenvalue weighted by Crippen LogP contribution is -2.10. The molecule has 8 heavy (non-hydrogen) atoms. The van der Waals surface area contributed by atoms with E-state index in [1.165, 1.54) is 0 Å². The summed E-state index contributed by atoms with van der Waals surface area (Å²) in [5.41, 5.74) is 0.912. The molecule has 2 heteroatoms. The molecule has 0 saturated carbocycles. The molecule has 2 rings (SSSR count). The number of hydrogen-bond acceptors (Lipinski definition) is 1. The van der Waals surface area contributed by atoms with Gasteiger partial charge < -0.3 is 4.74 Å². The zero-order valence-electron chi connectivity index (χ0n) is 4.68. The Morgan fingerprint density at radius 3 is 2.75 bits per heavy atom. The van der Waals surface area contributed by atoms with Crippen molar-refractivity contribution in [2.45, 2.75) is 18.4 Å². The Morgan fingerprint density at radius 2 is 2.50 bits per heavy atom. The van der Waals surface area contributed by atoms with Crippen LogP contribution in [-0.2, 0) is 4.74 Å². The topological polar surface area (TPSA) is 9.23 Å².